The predicted octanol–water partition coefficient (Wildman–Crippen LogP) is 7.92. The maximum atomic E-state index is 2.69. The van der Waals surface area contributed by atoms with Gasteiger partial charge in [-0.05, 0) is 0 Å². The van der Waals surface area contributed by atoms with Gasteiger partial charge in [-0.3, -0.25) is 0 Å². The predicted molar refractivity (Wildman–Crippen MR) is 130 cm³/mol. The molecule has 0 nitrogen and oxygen atoms in total. The van der Waals surface area contributed by atoms with Crippen molar-refractivity contribution in [2.24, 2.45) is 5.92 Å². The van der Waals surface area contributed by atoms with Crippen molar-refractivity contribution in [1.29, 1.82) is 0 Å². The third-order valence-corrected chi connectivity index (χ3v) is 26.1. The van der Waals surface area contributed by atoms with Gasteiger partial charge in [0.15, 0.2) is 0 Å². The number of fused-ring (bicyclic) bond motifs is 1. The second-order valence-electron chi connectivity index (χ2n) is 9.43. The van der Waals surface area contributed by atoms with Crippen molar-refractivity contribution in [3.05, 3.63) is 96.4 Å². The van der Waals surface area contributed by atoms with E-state index in [1.807, 2.05) is 3.28 Å². The van der Waals surface area contributed by atoms with Crippen molar-refractivity contribution in [1.82, 2.24) is 0 Å². The van der Waals surface area contributed by atoms with Gasteiger partial charge in [0.25, 0.3) is 0 Å². The van der Waals surface area contributed by atoms with Crippen molar-refractivity contribution < 1.29 is 20.4 Å². The summed E-state index contributed by atoms with van der Waals surface area (Å²) in [5, 5.41) is 0. The van der Waals surface area contributed by atoms with E-state index in [1.54, 1.807) is 22.3 Å². The van der Waals surface area contributed by atoms with E-state index >= 15 is 0 Å². The average molecular weight is 490 g/mol. The molecule has 2 aromatic rings. The van der Waals surface area contributed by atoms with Crippen molar-refractivity contribution in [3.63, 3.8) is 0 Å². The van der Waals surface area contributed by atoms with Crippen LogP contribution in [0.15, 0.2) is 68.5 Å². The molecule has 0 N–H and O–H groups in total. The summed E-state index contributed by atoms with van der Waals surface area (Å²) in [6.07, 6.45) is 2.69. The Morgan fingerprint density at radius 2 is 1.53 bits per heavy atom. The van der Waals surface area contributed by atoms with Crippen LogP contribution >= 0.6 is 0 Å². The summed E-state index contributed by atoms with van der Waals surface area (Å²) in [6, 6.07) is 16.3. The number of hydrogen-bond acceptors (Lipinski definition) is 0. The van der Waals surface area contributed by atoms with Gasteiger partial charge >= 0.3 is 192 Å². The van der Waals surface area contributed by atoms with Gasteiger partial charge in [-0.15, -0.1) is 0 Å². The Hall–Kier alpha value is -1.24. The molecular formula is C28H34SiZr. The van der Waals surface area contributed by atoms with Crippen molar-refractivity contribution in [2.45, 2.75) is 58.3 Å². The Labute approximate surface area is 191 Å². The molecule has 2 heteroatoms. The first-order valence-corrected chi connectivity index (χ1v) is 20.0. The molecule has 30 heavy (non-hydrogen) atoms. The third kappa shape index (κ3) is 3.55. The molecular weight excluding hydrogens is 456 g/mol. The first-order chi connectivity index (χ1) is 14.2. The van der Waals surface area contributed by atoms with Gasteiger partial charge < -0.3 is 0 Å². The van der Waals surface area contributed by atoms with Crippen LogP contribution in [0, 0.1) is 19.8 Å². The third-order valence-electron chi connectivity index (χ3n) is 7.52. The van der Waals surface area contributed by atoms with Crippen LogP contribution in [0.3, 0.4) is 0 Å². The van der Waals surface area contributed by atoms with Gasteiger partial charge in [0.2, 0.25) is 0 Å². The van der Waals surface area contributed by atoms with E-state index < -0.39 is 20.4 Å². The van der Waals surface area contributed by atoms with Gasteiger partial charge in [0.1, 0.15) is 0 Å². The van der Waals surface area contributed by atoms with E-state index in [4.69, 9.17) is 0 Å². The number of hydrogen-bond donors (Lipinski definition) is 0. The first kappa shape index (κ1) is 22.0. The molecule has 0 fully saturated rings. The van der Waals surface area contributed by atoms with Crippen LogP contribution in [0.25, 0.3) is 5.57 Å². The van der Waals surface area contributed by atoms with E-state index in [2.05, 4.69) is 103 Å². The second kappa shape index (κ2) is 8.36. The minimum absolute atomic E-state index is 0.344. The van der Waals surface area contributed by atoms with Crippen LogP contribution in [-0.4, -0.2) is 5.43 Å². The number of allylic oxidation sites excluding steroid dienone is 5. The summed E-state index contributed by atoms with van der Waals surface area (Å²) in [4.78, 5) is 0. The molecule has 2 aliphatic carbocycles. The van der Waals surface area contributed by atoms with Crippen LogP contribution in [0.4, 0.5) is 0 Å². The summed E-state index contributed by atoms with van der Waals surface area (Å²) in [7, 11) is 0. The van der Waals surface area contributed by atoms with E-state index in [0.717, 1.165) is 0 Å². The minimum atomic E-state index is -1.91. The van der Waals surface area contributed by atoms with Gasteiger partial charge in [-0.25, -0.2) is 0 Å². The van der Waals surface area contributed by atoms with Crippen LogP contribution < -0.4 is 0 Å². The second-order valence-corrected chi connectivity index (χ2v) is 26.9. The summed E-state index contributed by atoms with van der Waals surface area (Å²) < 4.78 is 2.58. The standard InChI is InChI=1S/C17H15.C9H13.C2H6Si.Zr/c1-12-7-8-15(11-13(12)2)17-10-9-14-5-3-4-6-16(14)17;1-6-5-7(2)9(4)8(6)3;1-3-2;/h3-11H,1-2H3;6H,1-4H3;1-2H3;. The SMILES string of the molecule is CC1=C(C)C(C)[C]([Zr]([CH]2C=C(c3ccc(C)c(C)c3)c3ccccc32)=[Si](C)C)=C1C. The summed E-state index contributed by atoms with van der Waals surface area (Å²) in [5.41, 5.74) is 13.2. The molecule has 0 radical (unpaired) electrons. The molecule has 0 heterocycles. The Morgan fingerprint density at radius 1 is 0.833 bits per heavy atom. The average Bonchev–Trinajstić information content (AvgIpc) is 3.18. The van der Waals surface area contributed by atoms with Gasteiger partial charge in [-0.2, -0.15) is 0 Å². The fourth-order valence-electron chi connectivity index (χ4n) is 5.31. The van der Waals surface area contributed by atoms with Crippen LogP contribution in [0.2, 0.25) is 13.1 Å². The van der Waals surface area contributed by atoms with Crippen LogP contribution in [-0.2, 0) is 20.4 Å². The molecule has 0 saturated heterocycles. The van der Waals surface area contributed by atoms with E-state index in [9.17, 15) is 0 Å². The number of rotatable bonds is 3. The van der Waals surface area contributed by atoms with Gasteiger partial charge in [0, 0.05) is 0 Å². The topological polar surface area (TPSA) is 0 Å². The normalized spacial score (nSPS) is 20.6. The zero-order valence-electron chi connectivity index (χ0n) is 19.8. The monoisotopic (exact) mass is 488 g/mol. The Bertz CT molecular complexity index is 1170. The van der Waals surface area contributed by atoms with E-state index in [0.29, 0.717) is 9.54 Å². The fourth-order valence-corrected chi connectivity index (χ4v) is 25.0. The fraction of sp³-hybridized carbons (Fsp3) is 0.357. The molecule has 2 unspecified atom stereocenters. The molecule has 2 atom stereocenters. The Kier molecular flexibility index (Phi) is 6.12. The summed E-state index contributed by atoms with van der Waals surface area (Å²) in [5.74, 6) is 0.658. The van der Waals surface area contributed by atoms with Crippen LogP contribution in [0.1, 0.15) is 59.1 Å². The molecule has 2 aliphatic rings. The number of benzene rings is 2. The van der Waals surface area contributed by atoms with Gasteiger partial charge in [0.05, 0.1) is 0 Å². The van der Waals surface area contributed by atoms with Gasteiger partial charge in [-0.1, -0.05) is 0 Å². The van der Waals surface area contributed by atoms with Crippen LogP contribution in [0.5, 0.6) is 0 Å². The molecule has 0 saturated carbocycles. The first-order valence-electron chi connectivity index (χ1n) is 11.2. The molecule has 154 valence electrons. The Balaban J connectivity index is 1.91. The molecule has 0 bridgehead atoms. The van der Waals surface area contributed by atoms with E-state index in [1.165, 1.54) is 27.8 Å². The van der Waals surface area contributed by atoms with E-state index in [-0.39, 0.29) is 5.43 Å². The zero-order chi connectivity index (χ0) is 21.7. The molecule has 0 spiro atoms. The van der Waals surface area contributed by atoms with Crippen molar-refractivity contribution in [3.8, 4) is 0 Å². The van der Waals surface area contributed by atoms with Crippen molar-refractivity contribution >= 4 is 11.0 Å². The zero-order valence-corrected chi connectivity index (χ0v) is 23.2. The molecule has 2 aromatic carbocycles. The Morgan fingerprint density at radius 3 is 2.13 bits per heavy atom. The summed E-state index contributed by atoms with van der Waals surface area (Å²) in [6.45, 7) is 19.3. The summed E-state index contributed by atoms with van der Waals surface area (Å²) >= 11 is -1.91. The molecule has 0 aromatic heterocycles. The quantitative estimate of drug-likeness (QED) is 0.384. The van der Waals surface area contributed by atoms with Crippen molar-refractivity contribution in [2.75, 3.05) is 0 Å². The molecule has 0 amide bonds. The maximum absolute atomic E-state index is 2.69. The molecule has 4 rings (SSSR count). The molecule has 0 aliphatic heterocycles. The number of aryl methyl sites for hydroxylation is 2.